The third-order valence-electron chi connectivity index (χ3n) is 1.50. The Labute approximate surface area is 71.2 Å². The van der Waals surface area contributed by atoms with Crippen LogP contribution in [0.4, 0.5) is 0 Å². The van der Waals surface area contributed by atoms with E-state index in [9.17, 15) is 0 Å². The fourth-order valence-electron chi connectivity index (χ4n) is 0.823. The van der Waals surface area contributed by atoms with Crippen molar-refractivity contribution in [2.45, 2.75) is 12.3 Å². The van der Waals surface area contributed by atoms with Crippen molar-refractivity contribution < 1.29 is 0 Å². The van der Waals surface area contributed by atoms with Crippen LogP contribution >= 0.6 is 11.6 Å². The molecule has 1 rings (SSSR count). The van der Waals surface area contributed by atoms with Gasteiger partial charge in [-0.15, -0.1) is 11.6 Å². The maximum Gasteiger partial charge on any atom is 0.0991 e. The third-order valence-corrected chi connectivity index (χ3v) is 1.75. The van der Waals surface area contributed by atoms with Crippen LogP contribution in [-0.2, 0) is 0 Å². The Balaban J connectivity index is 2.94. The van der Waals surface area contributed by atoms with Gasteiger partial charge in [-0.1, -0.05) is 12.1 Å². The molecule has 2 heteroatoms. The zero-order chi connectivity index (χ0) is 8.27. The van der Waals surface area contributed by atoms with Crippen molar-refractivity contribution in [2.24, 2.45) is 0 Å². The van der Waals surface area contributed by atoms with Gasteiger partial charge in [0.15, 0.2) is 0 Å². The molecule has 0 spiro atoms. The van der Waals surface area contributed by atoms with Crippen LogP contribution in [0.2, 0.25) is 0 Å². The number of nitriles is 1. The highest BCUT2D eigenvalue weighted by atomic mass is 35.5. The minimum atomic E-state index is 0.0164. The molecule has 0 N–H and O–H groups in total. The maximum absolute atomic E-state index is 8.48. The zero-order valence-electron chi connectivity index (χ0n) is 6.21. The average Bonchev–Trinajstić information content (AvgIpc) is 2.05. The van der Waals surface area contributed by atoms with Gasteiger partial charge < -0.3 is 0 Å². The van der Waals surface area contributed by atoms with E-state index >= 15 is 0 Å². The highest BCUT2D eigenvalue weighted by molar-refractivity contribution is 6.20. The summed E-state index contributed by atoms with van der Waals surface area (Å²) < 4.78 is 0. The molecule has 1 atom stereocenters. The second kappa shape index (κ2) is 3.41. The van der Waals surface area contributed by atoms with Crippen LogP contribution in [0.3, 0.4) is 0 Å². The molecule has 1 aromatic rings. The number of benzene rings is 1. The molecule has 0 amide bonds. The van der Waals surface area contributed by atoms with Crippen molar-refractivity contribution in [1.82, 2.24) is 0 Å². The van der Waals surface area contributed by atoms with Crippen molar-refractivity contribution in [3.63, 3.8) is 0 Å². The molecule has 0 aliphatic rings. The molecule has 0 saturated carbocycles. The topological polar surface area (TPSA) is 23.8 Å². The Bertz CT molecular complexity index is 269. The summed E-state index contributed by atoms with van der Waals surface area (Å²) in [5.74, 6) is 0. The van der Waals surface area contributed by atoms with Crippen LogP contribution in [0.25, 0.3) is 0 Å². The van der Waals surface area contributed by atoms with E-state index in [1.54, 1.807) is 12.1 Å². The Hall–Kier alpha value is -1.00. The van der Waals surface area contributed by atoms with Crippen LogP contribution in [-0.4, -0.2) is 0 Å². The molecule has 1 unspecified atom stereocenters. The molecule has 0 fully saturated rings. The molecule has 0 bridgehead atoms. The Morgan fingerprint density at radius 1 is 1.36 bits per heavy atom. The first-order chi connectivity index (χ1) is 5.24. The lowest BCUT2D eigenvalue weighted by Gasteiger charge is -2.00. The molecular weight excluding hydrogens is 158 g/mol. The first-order valence-electron chi connectivity index (χ1n) is 3.38. The van der Waals surface area contributed by atoms with Gasteiger partial charge in [0.25, 0.3) is 0 Å². The van der Waals surface area contributed by atoms with Gasteiger partial charge in [0.05, 0.1) is 17.0 Å². The molecule has 1 aromatic carbocycles. The molecular formula is C9H8ClN. The van der Waals surface area contributed by atoms with Gasteiger partial charge >= 0.3 is 0 Å². The molecule has 11 heavy (non-hydrogen) atoms. The van der Waals surface area contributed by atoms with Crippen molar-refractivity contribution >= 4 is 11.6 Å². The predicted molar refractivity (Wildman–Crippen MR) is 45.4 cm³/mol. The standard InChI is InChI=1S/C9H8ClN/c1-7(10)9-4-2-8(6-11)3-5-9/h2-5,7H,1H3. The number of rotatable bonds is 1. The highest BCUT2D eigenvalue weighted by Crippen LogP contribution is 2.18. The minimum absolute atomic E-state index is 0.0164. The normalized spacial score (nSPS) is 12.1. The summed E-state index contributed by atoms with van der Waals surface area (Å²) in [5.41, 5.74) is 1.72. The van der Waals surface area contributed by atoms with E-state index in [-0.39, 0.29) is 5.38 Å². The van der Waals surface area contributed by atoms with Crippen molar-refractivity contribution in [3.8, 4) is 6.07 Å². The molecule has 0 aliphatic carbocycles. The van der Waals surface area contributed by atoms with Crippen molar-refractivity contribution in [3.05, 3.63) is 35.4 Å². The molecule has 0 saturated heterocycles. The van der Waals surface area contributed by atoms with E-state index in [1.807, 2.05) is 19.1 Å². The largest absolute Gasteiger partial charge is 0.192 e. The summed E-state index contributed by atoms with van der Waals surface area (Å²) in [7, 11) is 0. The van der Waals surface area contributed by atoms with Crippen LogP contribution in [0.15, 0.2) is 24.3 Å². The second-order valence-electron chi connectivity index (χ2n) is 2.35. The number of nitrogens with zero attached hydrogens (tertiary/aromatic N) is 1. The monoisotopic (exact) mass is 165 g/mol. The fourth-order valence-corrected chi connectivity index (χ4v) is 0.968. The number of hydrogen-bond acceptors (Lipinski definition) is 1. The van der Waals surface area contributed by atoms with Crippen molar-refractivity contribution in [1.29, 1.82) is 5.26 Å². The van der Waals surface area contributed by atoms with E-state index in [0.717, 1.165) is 5.56 Å². The van der Waals surface area contributed by atoms with Gasteiger partial charge in [-0.25, -0.2) is 0 Å². The van der Waals surface area contributed by atoms with Crippen molar-refractivity contribution in [2.75, 3.05) is 0 Å². The summed E-state index contributed by atoms with van der Waals surface area (Å²) in [4.78, 5) is 0. The summed E-state index contributed by atoms with van der Waals surface area (Å²) in [6, 6.07) is 9.34. The molecule has 1 nitrogen and oxygen atoms in total. The first kappa shape index (κ1) is 8.10. The summed E-state index contributed by atoms with van der Waals surface area (Å²) >= 11 is 5.82. The third kappa shape index (κ3) is 1.96. The van der Waals surface area contributed by atoms with E-state index in [0.29, 0.717) is 5.56 Å². The van der Waals surface area contributed by atoms with E-state index in [2.05, 4.69) is 6.07 Å². The summed E-state index contributed by atoms with van der Waals surface area (Å²) in [6.45, 7) is 1.91. The van der Waals surface area contributed by atoms with Crippen LogP contribution in [0, 0.1) is 11.3 Å². The van der Waals surface area contributed by atoms with Gasteiger partial charge in [-0.3, -0.25) is 0 Å². The SMILES string of the molecule is CC(Cl)c1ccc(C#N)cc1. The van der Waals surface area contributed by atoms with Crippen LogP contribution < -0.4 is 0 Å². The highest BCUT2D eigenvalue weighted by Gasteiger charge is 1.98. The quantitative estimate of drug-likeness (QED) is 0.587. The lowest BCUT2D eigenvalue weighted by molar-refractivity contribution is 1.08. The van der Waals surface area contributed by atoms with Crippen LogP contribution in [0.5, 0.6) is 0 Å². The summed E-state index contributed by atoms with van der Waals surface area (Å²) in [5, 5.41) is 8.50. The van der Waals surface area contributed by atoms with E-state index in [4.69, 9.17) is 16.9 Å². The van der Waals surface area contributed by atoms with Gasteiger partial charge in [0.2, 0.25) is 0 Å². The minimum Gasteiger partial charge on any atom is -0.192 e. The second-order valence-corrected chi connectivity index (χ2v) is 3.00. The molecule has 0 aliphatic heterocycles. The van der Waals surface area contributed by atoms with Gasteiger partial charge in [-0.2, -0.15) is 5.26 Å². The predicted octanol–water partition coefficient (Wildman–Crippen LogP) is 2.86. The van der Waals surface area contributed by atoms with Gasteiger partial charge in [0, 0.05) is 0 Å². The molecule has 0 aromatic heterocycles. The Kier molecular flexibility index (Phi) is 2.51. The lowest BCUT2D eigenvalue weighted by Crippen LogP contribution is -1.83. The first-order valence-corrected chi connectivity index (χ1v) is 3.82. The number of alkyl halides is 1. The zero-order valence-corrected chi connectivity index (χ0v) is 6.97. The van der Waals surface area contributed by atoms with E-state index < -0.39 is 0 Å². The maximum atomic E-state index is 8.48. The fraction of sp³-hybridized carbons (Fsp3) is 0.222. The smallest absolute Gasteiger partial charge is 0.0991 e. The van der Waals surface area contributed by atoms with Gasteiger partial charge in [-0.05, 0) is 24.6 Å². The van der Waals surface area contributed by atoms with E-state index in [1.165, 1.54) is 0 Å². The molecule has 56 valence electrons. The molecule has 0 heterocycles. The lowest BCUT2D eigenvalue weighted by atomic mass is 10.1. The summed E-state index contributed by atoms with van der Waals surface area (Å²) in [6.07, 6.45) is 0. The number of hydrogen-bond donors (Lipinski definition) is 0. The Morgan fingerprint density at radius 2 is 1.91 bits per heavy atom. The number of halogens is 1. The molecule has 0 radical (unpaired) electrons. The Morgan fingerprint density at radius 3 is 2.27 bits per heavy atom. The average molecular weight is 166 g/mol. The van der Waals surface area contributed by atoms with Gasteiger partial charge in [0.1, 0.15) is 0 Å². The van der Waals surface area contributed by atoms with Crippen LogP contribution in [0.1, 0.15) is 23.4 Å².